The molecule has 1 aromatic rings. The van der Waals surface area contributed by atoms with Gasteiger partial charge in [0.25, 0.3) is 0 Å². The van der Waals surface area contributed by atoms with E-state index in [1.54, 1.807) is 10.9 Å². The second kappa shape index (κ2) is 3.31. The fourth-order valence-corrected chi connectivity index (χ4v) is 0.820. The van der Waals surface area contributed by atoms with E-state index in [1.165, 1.54) is 0 Å². The standard InChI is InChI=1S/C6H12N4/c1-10-6(3-2-4-7)5-8-9-10/h5H,2-4,7H2,1H3. The summed E-state index contributed by atoms with van der Waals surface area (Å²) in [6.45, 7) is 0.727. The Morgan fingerprint density at radius 1 is 1.70 bits per heavy atom. The summed E-state index contributed by atoms with van der Waals surface area (Å²) in [7, 11) is 1.89. The Morgan fingerprint density at radius 3 is 3.00 bits per heavy atom. The molecule has 0 aliphatic rings. The minimum atomic E-state index is 0.727. The maximum Gasteiger partial charge on any atom is 0.0724 e. The Hall–Kier alpha value is -0.900. The Labute approximate surface area is 60.0 Å². The van der Waals surface area contributed by atoms with Crippen molar-refractivity contribution in [2.45, 2.75) is 12.8 Å². The van der Waals surface area contributed by atoms with Gasteiger partial charge in [0.05, 0.1) is 11.9 Å². The number of nitrogens with two attached hydrogens (primary N) is 1. The van der Waals surface area contributed by atoms with Crippen LogP contribution in [-0.2, 0) is 13.5 Å². The quantitative estimate of drug-likeness (QED) is 0.627. The highest BCUT2D eigenvalue weighted by Gasteiger charge is 1.96. The number of hydrogen-bond donors (Lipinski definition) is 1. The molecular weight excluding hydrogens is 128 g/mol. The fraction of sp³-hybridized carbons (Fsp3) is 0.667. The third-order valence-electron chi connectivity index (χ3n) is 1.45. The minimum Gasteiger partial charge on any atom is -0.330 e. The van der Waals surface area contributed by atoms with Crippen LogP contribution >= 0.6 is 0 Å². The van der Waals surface area contributed by atoms with Gasteiger partial charge in [-0.2, -0.15) is 0 Å². The van der Waals surface area contributed by atoms with E-state index in [0.717, 1.165) is 25.1 Å². The van der Waals surface area contributed by atoms with E-state index in [1.807, 2.05) is 7.05 Å². The van der Waals surface area contributed by atoms with Crippen molar-refractivity contribution in [3.63, 3.8) is 0 Å². The summed E-state index contributed by atoms with van der Waals surface area (Å²) in [6.07, 6.45) is 3.75. The van der Waals surface area contributed by atoms with Crippen LogP contribution in [0.25, 0.3) is 0 Å². The van der Waals surface area contributed by atoms with Crippen LogP contribution in [0.3, 0.4) is 0 Å². The van der Waals surface area contributed by atoms with E-state index < -0.39 is 0 Å². The van der Waals surface area contributed by atoms with Crippen LogP contribution in [0.4, 0.5) is 0 Å². The first kappa shape index (κ1) is 7.21. The van der Waals surface area contributed by atoms with Gasteiger partial charge in [-0.1, -0.05) is 5.21 Å². The molecule has 0 fully saturated rings. The van der Waals surface area contributed by atoms with E-state index in [2.05, 4.69) is 10.3 Å². The zero-order chi connectivity index (χ0) is 7.40. The number of aryl methyl sites for hydroxylation is 2. The molecule has 4 nitrogen and oxygen atoms in total. The Balaban J connectivity index is 2.49. The normalized spacial score (nSPS) is 10.2. The summed E-state index contributed by atoms with van der Waals surface area (Å²) in [4.78, 5) is 0. The van der Waals surface area contributed by atoms with Gasteiger partial charge in [-0.05, 0) is 19.4 Å². The highest BCUT2D eigenvalue weighted by atomic mass is 15.4. The largest absolute Gasteiger partial charge is 0.330 e. The average molecular weight is 140 g/mol. The highest BCUT2D eigenvalue weighted by molar-refractivity contribution is 4.92. The van der Waals surface area contributed by atoms with Crippen LogP contribution < -0.4 is 5.73 Å². The molecule has 56 valence electrons. The average Bonchev–Trinajstić information content (AvgIpc) is 2.31. The number of aromatic nitrogens is 3. The lowest BCUT2D eigenvalue weighted by Crippen LogP contribution is -2.03. The van der Waals surface area contributed by atoms with E-state index in [-0.39, 0.29) is 0 Å². The summed E-state index contributed by atoms with van der Waals surface area (Å²) < 4.78 is 1.77. The smallest absolute Gasteiger partial charge is 0.0724 e. The van der Waals surface area contributed by atoms with Gasteiger partial charge in [-0.15, -0.1) is 5.10 Å². The molecular formula is C6H12N4. The molecule has 4 heteroatoms. The molecule has 0 saturated heterocycles. The zero-order valence-corrected chi connectivity index (χ0v) is 6.12. The van der Waals surface area contributed by atoms with Gasteiger partial charge in [0.15, 0.2) is 0 Å². The van der Waals surface area contributed by atoms with Gasteiger partial charge < -0.3 is 5.73 Å². The van der Waals surface area contributed by atoms with Gasteiger partial charge >= 0.3 is 0 Å². The summed E-state index contributed by atoms with van der Waals surface area (Å²) in [5, 5.41) is 7.54. The first-order valence-corrected chi connectivity index (χ1v) is 3.38. The lowest BCUT2D eigenvalue weighted by atomic mass is 10.2. The first-order valence-electron chi connectivity index (χ1n) is 3.38. The molecule has 0 aliphatic carbocycles. The molecule has 1 heterocycles. The molecule has 0 saturated carbocycles. The Bertz CT molecular complexity index is 193. The summed E-state index contributed by atoms with van der Waals surface area (Å²) >= 11 is 0. The number of nitrogens with zero attached hydrogens (tertiary/aromatic N) is 3. The predicted octanol–water partition coefficient (Wildman–Crippen LogP) is -0.294. The molecule has 0 radical (unpaired) electrons. The summed E-state index contributed by atoms with van der Waals surface area (Å²) in [6, 6.07) is 0. The van der Waals surface area contributed by atoms with Crippen molar-refractivity contribution in [3.8, 4) is 0 Å². The van der Waals surface area contributed by atoms with Crippen molar-refractivity contribution < 1.29 is 0 Å². The van der Waals surface area contributed by atoms with E-state index in [4.69, 9.17) is 5.73 Å². The lowest BCUT2D eigenvalue weighted by Gasteiger charge is -1.96. The van der Waals surface area contributed by atoms with Gasteiger partial charge in [0.1, 0.15) is 0 Å². The topological polar surface area (TPSA) is 56.7 Å². The van der Waals surface area contributed by atoms with Crippen LogP contribution in [0.15, 0.2) is 6.20 Å². The van der Waals surface area contributed by atoms with Crippen LogP contribution in [0.2, 0.25) is 0 Å². The van der Waals surface area contributed by atoms with Crippen molar-refractivity contribution in [1.82, 2.24) is 15.0 Å². The second-order valence-electron chi connectivity index (χ2n) is 2.24. The molecule has 0 atom stereocenters. The van der Waals surface area contributed by atoms with E-state index in [0.29, 0.717) is 0 Å². The van der Waals surface area contributed by atoms with Gasteiger partial charge in [-0.3, -0.25) is 4.68 Å². The maximum absolute atomic E-state index is 5.35. The fourth-order valence-electron chi connectivity index (χ4n) is 0.820. The van der Waals surface area contributed by atoms with Crippen LogP contribution in [-0.4, -0.2) is 21.5 Å². The zero-order valence-electron chi connectivity index (χ0n) is 6.12. The third kappa shape index (κ3) is 1.54. The van der Waals surface area contributed by atoms with Crippen LogP contribution in [0.5, 0.6) is 0 Å². The molecule has 0 amide bonds. The molecule has 2 N–H and O–H groups in total. The van der Waals surface area contributed by atoms with Crippen LogP contribution in [0, 0.1) is 0 Å². The molecule has 1 rings (SSSR count). The minimum absolute atomic E-state index is 0.727. The van der Waals surface area contributed by atoms with E-state index >= 15 is 0 Å². The number of rotatable bonds is 3. The van der Waals surface area contributed by atoms with Crippen molar-refractivity contribution in [3.05, 3.63) is 11.9 Å². The summed E-state index contributed by atoms with van der Waals surface area (Å²) in [5.41, 5.74) is 6.49. The molecule has 0 aromatic carbocycles. The van der Waals surface area contributed by atoms with Gasteiger partial charge in [-0.25, -0.2) is 0 Å². The van der Waals surface area contributed by atoms with Gasteiger partial charge in [0.2, 0.25) is 0 Å². The third-order valence-corrected chi connectivity index (χ3v) is 1.45. The maximum atomic E-state index is 5.35. The van der Waals surface area contributed by atoms with Crippen molar-refractivity contribution in [2.75, 3.05) is 6.54 Å². The van der Waals surface area contributed by atoms with E-state index in [9.17, 15) is 0 Å². The predicted molar refractivity (Wildman–Crippen MR) is 38.4 cm³/mol. The molecule has 0 unspecified atom stereocenters. The van der Waals surface area contributed by atoms with Crippen molar-refractivity contribution in [1.29, 1.82) is 0 Å². The summed E-state index contributed by atoms with van der Waals surface area (Å²) in [5.74, 6) is 0. The highest BCUT2D eigenvalue weighted by Crippen LogP contribution is 1.96. The molecule has 10 heavy (non-hydrogen) atoms. The first-order chi connectivity index (χ1) is 4.84. The second-order valence-corrected chi connectivity index (χ2v) is 2.24. The van der Waals surface area contributed by atoms with Gasteiger partial charge in [0, 0.05) is 7.05 Å². The Morgan fingerprint density at radius 2 is 2.50 bits per heavy atom. The number of hydrogen-bond acceptors (Lipinski definition) is 3. The molecule has 0 aliphatic heterocycles. The van der Waals surface area contributed by atoms with Crippen molar-refractivity contribution >= 4 is 0 Å². The lowest BCUT2D eigenvalue weighted by molar-refractivity contribution is 0.662. The SMILES string of the molecule is Cn1nncc1CCCN. The monoisotopic (exact) mass is 140 g/mol. The van der Waals surface area contributed by atoms with Crippen LogP contribution in [0.1, 0.15) is 12.1 Å². The molecule has 0 spiro atoms. The Kier molecular flexibility index (Phi) is 2.39. The molecule has 0 bridgehead atoms. The molecule has 1 aromatic heterocycles. The van der Waals surface area contributed by atoms with Crippen molar-refractivity contribution in [2.24, 2.45) is 12.8 Å².